The van der Waals surface area contributed by atoms with Gasteiger partial charge in [0.2, 0.25) is 0 Å². The number of nitrogens with one attached hydrogen (secondary N) is 1. The van der Waals surface area contributed by atoms with E-state index in [0.29, 0.717) is 18.0 Å². The zero-order valence-corrected chi connectivity index (χ0v) is 14.4. The zero-order chi connectivity index (χ0) is 18.0. The fourth-order valence-corrected chi connectivity index (χ4v) is 2.90. The van der Waals surface area contributed by atoms with E-state index in [0.717, 1.165) is 22.0 Å². The maximum atomic E-state index is 12.2. The first-order valence-electron chi connectivity index (χ1n) is 8.01. The summed E-state index contributed by atoms with van der Waals surface area (Å²) in [6, 6.07) is 11.2. The van der Waals surface area contributed by atoms with Crippen LogP contribution < -0.4 is 5.32 Å². The fourth-order valence-electron chi connectivity index (χ4n) is 2.90. The van der Waals surface area contributed by atoms with Crippen LogP contribution in [0.1, 0.15) is 27.9 Å². The smallest absolute Gasteiger partial charge is 0.354 e. The molecule has 0 atom stereocenters. The lowest BCUT2D eigenvalue weighted by Gasteiger charge is -2.09. The third kappa shape index (κ3) is 2.98. The molecule has 0 saturated heterocycles. The van der Waals surface area contributed by atoms with Crippen molar-refractivity contribution in [1.29, 1.82) is 0 Å². The van der Waals surface area contributed by atoms with Crippen molar-refractivity contribution in [1.82, 2.24) is 14.9 Å². The van der Waals surface area contributed by atoms with Crippen LogP contribution in [-0.4, -0.2) is 35.1 Å². The van der Waals surface area contributed by atoms with E-state index in [2.05, 4.69) is 10.3 Å². The molecule has 1 amide bonds. The van der Waals surface area contributed by atoms with Crippen LogP contribution in [0.3, 0.4) is 0 Å². The molecule has 3 aromatic rings. The Balaban J connectivity index is 2.18. The molecule has 2 heterocycles. The number of hydrogen-bond donors (Lipinski definition) is 1. The second-order valence-electron chi connectivity index (χ2n) is 5.56. The summed E-state index contributed by atoms with van der Waals surface area (Å²) >= 11 is 0. The second-order valence-corrected chi connectivity index (χ2v) is 5.56. The van der Waals surface area contributed by atoms with Gasteiger partial charge in [-0.1, -0.05) is 18.2 Å². The van der Waals surface area contributed by atoms with E-state index in [-0.39, 0.29) is 11.9 Å². The number of aromatic nitrogens is 2. The van der Waals surface area contributed by atoms with E-state index in [4.69, 9.17) is 4.74 Å². The van der Waals surface area contributed by atoms with Crippen LogP contribution in [0.25, 0.3) is 22.0 Å². The number of para-hydroxylation sites is 1. The number of rotatable bonds is 4. The van der Waals surface area contributed by atoms with Gasteiger partial charge in [-0.3, -0.25) is 9.78 Å². The number of carbonyl (C=O) groups excluding carboxylic acids is 2. The minimum Gasteiger partial charge on any atom is -0.461 e. The fraction of sp³-hybridized carbons (Fsp3) is 0.211. The second kappa shape index (κ2) is 6.76. The SMILES string of the molecule is CCOC(=O)c1cc2cccc(-c3ccnc(C(=O)NC)c3)c2n1C. The summed E-state index contributed by atoms with van der Waals surface area (Å²) in [7, 11) is 3.40. The van der Waals surface area contributed by atoms with Crippen molar-refractivity contribution in [3.63, 3.8) is 0 Å². The molecule has 1 N–H and O–H groups in total. The van der Waals surface area contributed by atoms with Gasteiger partial charge in [0.1, 0.15) is 11.4 Å². The highest BCUT2D eigenvalue weighted by atomic mass is 16.5. The lowest BCUT2D eigenvalue weighted by atomic mass is 10.0. The maximum absolute atomic E-state index is 12.2. The van der Waals surface area contributed by atoms with Crippen molar-refractivity contribution in [2.75, 3.05) is 13.7 Å². The number of benzene rings is 1. The van der Waals surface area contributed by atoms with E-state index in [1.807, 2.05) is 41.9 Å². The summed E-state index contributed by atoms with van der Waals surface area (Å²) in [5.74, 6) is -0.596. The highest BCUT2D eigenvalue weighted by molar-refractivity contribution is 6.02. The third-order valence-electron chi connectivity index (χ3n) is 4.07. The summed E-state index contributed by atoms with van der Waals surface area (Å²) in [4.78, 5) is 28.1. The summed E-state index contributed by atoms with van der Waals surface area (Å²) in [6.45, 7) is 2.11. The molecule has 0 aliphatic carbocycles. The molecule has 0 fully saturated rings. The summed E-state index contributed by atoms with van der Waals surface area (Å²) in [6.07, 6.45) is 1.61. The van der Waals surface area contributed by atoms with Crippen LogP contribution in [0.2, 0.25) is 0 Å². The minimum absolute atomic E-state index is 0.242. The third-order valence-corrected chi connectivity index (χ3v) is 4.07. The zero-order valence-electron chi connectivity index (χ0n) is 14.4. The first-order chi connectivity index (χ1) is 12.1. The van der Waals surface area contributed by atoms with Gasteiger partial charge < -0.3 is 14.6 Å². The van der Waals surface area contributed by atoms with E-state index >= 15 is 0 Å². The molecule has 0 spiro atoms. The molecule has 0 bridgehead atoms. The number of hydrogen-bond acceptors (Lipinski definition) is 4. The van der Waals surface area contributed by atoms with Gasteiger partial charge >= 0.3 is 5.97 Å². The molecular weight excluding hydrogens is 318 g/mol. The molecule has 0 unspecified atom stereocenters. The molecule has 128 valence electrons. The van der Waals surface area contributed by atoms with Gasteiger partial charge in [-0.05, 0) is 30.7 Å². The summed E-state index contributed by atoms with van der Waals surface area (Å²) in [5, 5.41) is 3.51. The molecule has 0 saturated carbocycles. The van der Waals surface area contributed by atoms with Crippen molar-refractivity contribution in [3.05, 3.63) is 54.0 Å². The molecule has 1 aromatic carbocycles. The maximum Gasteiger partial charge on any atom is 0.354 e. The average Bonchev–Trinajstić information content (AvgIpc) is 2.98. The monoisotopic (exact) mass is 337 g/mol. The van der Waals surface area contributed by atoms with Crippen molar-refractivity contribution >= 4 is 22.8 Å². The lowest BCUT2D eigenvalue weighted by molar-refractivity contribution is 0.0515. The molecule has 2 aromatic heterocycles. The number of ether oxygens (including phenoxy) is 1. The summed E-state index contributed by atoms with van der Waals surface area (Å²) < 4.78 is 6.95. The first kappa shape index (κ1) is 16.7. The molecule has 3 rings (SSSR count). The Kier molecular flexibility index (Phi) is 4.52. The Hall–Kier alpha value is -3.15. The number of aryl methyl sites for hydroxylation is 1. The van der Waals surface area contributed by atoms with Crippen LogP contribution in [0.4, 0.5) is 0 Å². The number of esters is 1. The van der Waals surface area contributed by atoms with E-state index in [1.165, 1.54) is 0 Å². The van der Waals surface area contributed by atoms with Crippen molar-refractivity contribution in [3.8, 4) is 11.1 Å². The van der Waals surface area contributed by atoms with Gasteiger partial charge in [-0.15, -0.1) is 0 Å². The Morgan fingerprint density at radius 3 is 2.76 bits per heavy atom. The Morgan fingerprint density at radius 1 is 1.24 bits per heavy atom. The van der Waals surface area contributed by atoms with Crippen LogP contribution in [0, 0.1) is 0 Å². The molecule has 6 heteroatoms. The number of fused-ring (bicyclic) bond motifs is 1. The number of nitrogens with zero attached hydrogens (tertiary/aromatic N) is 2. The van der Waals surface area contributed by atoms with Crippen LogP contribution in [-0.2, 0) is 11.8 Å². The van der Waals surface area contributed by atoms with Crippen molar-refractivity contribution in [2.45, 2.75) is 6.92 Å². The van der Waals surface area contributed by atoms with E-state index in [9.17, 15) is 9.59 Å². The van der Waals surface area contributed by atoms with Crippen LogP contribution in [0.5, 0.6) is 0 Å². The van der Waals surface area contributed by atoms with Gasteiger partial charge in [0.15, 0.2) is 0 Å². The standard InChI is InChI=1S/C19H19N3O3/c1-4-25-19(24)16-11-13-6-5-7-14(17(13)22(16)3)12-8-9-21-15(10-12)18(23)20-2/h5-11H,4H2,1-3H3,(H,20,23). The topological polar surface area (TPSA) is 73.2 Å². The first-order valence-corrected chi connectivity index (χ1v) is 8.01. The number of amides is 1. The quantitative estimate of drug-likeness (QED) is 0.743. The Morgan fingerprint density at radius 2 is 2.04 bits per heavy atom. The highest BCUT2D eigenvalue weighted by Crippen LogP contribution is 2.31. The Labute approximate surface area is 145 Å². The molecular formula is C19H19N3O3. The largest absolute Gasteiger partial charge is 0.461 e. The molecule has 0 aliphatic heterocycles. The summed E-state index contributed by atoms with van der Waals surface area (Å²) in [5.41, 5.74) is 3.51. The van der Waals surface area contributed by atoms with Crippen LogP contribution >= 0.6 is 0 Å². The minimum atomic E-state index is -0.354. The van der Waals surface area contributed by atoms with Gasteiger partial charge in [0, 0.05) is 31.2 Å². The van der Waals surface area contributed by atoms with Crippen molar-refractivity contribution < 1.29 is 14.3 Å². The van der Waals surface area contributed by atoms with Gasteiger partial charge in [-0.2, -0.15) is 0 Å². The predicted molar refractivity (Wildman–Crippen MR) is 95.5 cm³/mol. The van der Waals surface area contributed by atoms with E-state index < -0.39 is 0 Å². The number of pyridine rings is 1. The van der Waals surface area contributed by atoms with Gasteiger partial charge in [-0.25, -0.2) is 4.79 Å². The van der Waals surface area contributed by atoms with Gasteiger partial charge in [0.25, 0.3) is 5.91 Å². The highest BCUT2D eigenvalue weighted by Gasteiger charge is 2.17. The van der Waals surface area contributed by atoms with Crippen LogP contribution in [0.15, 0.2) is 42.6 Å². The molecule has 25 heavy (non-hydrogen) atoms. The van der Waals surface area contributed by atoms with Crippen molar-refractivity contribution in [2.24, 2.45) is 7.05 Å². The number of carbonyl (C=O) groups is 2. The predicted octanol–water partition coefficient (Wildman–Crippen LogP) is 2.78. The molecule has 6 nitrogen and oxygen atoms in total. The van der Waals surface area contributed by atoms with E-state index in [1.54, 1.807) is 26.2 Å². The Bertz CT molecular complexity index is 960. The normalized spacial score (nSPS) is 10.7. The average molecular weight is 337 g/mol. The molecule has 0 aliphatic rings. The lowest BCUT2D eigenvalue weighted by Crippen LogP contribution is -2.19. The van der Waals surface area contributed by atoms with Gasteiger partial charge in [0.05, 0.1) is 12.1 Å². The molecule has 0 radical (unpaired) electrons.